The minimum atomic E-state index is -5.15. The number of alkyl halides is 6. The van der Waals surface area contributed by atoms with E-state index >= 15 is 4.39 Å². The zero-order valence-corrected chi connectivity index (χ0v) is 23.1. The van der Waals surface area contributed by atoms with E-state index in [0.29, 0.717) is 23.1 Å². The summed E-state index contributed by atoms with van der Waals surface area (Å²) in [4.78, 5) is 3.52. The lowest BCUT2D eigenvalue weighted by molar-refractivity contribution is -0.143. The quantitative estimate of drug-likeness (QED) is 0.225. The maximum absolute atomic E-state index is 15.1. The van der Waals surface area contributed by atoms with Crippen LogP contribution in [0.15, 0.2) is 64.5 Å². The number of nitrogens with one attached hydrogen (secondary N) is 1. The topological polar surface area (TPSA) is 89.5 Å². The molecule has 8 nitrogen and oxygen atoms in total. The summed E-state index contributed by atoms with van der Waals surface area (Å²) in [7, 11) is -1.72. The average Bonchev–Trinajstić information content (AvgIpc) is 3.46. The van der Waals surface area contributed by atoms with Crippen molar-refractivity contribution in [2.75, 3.05) is 20.9 Å². The molecule has 0 bridgehead atoms. The summed E-state index contributed by atoms with van der Waals surface area (Å²) in [5.74, 6) is -2.38. The lowest BCUT2D eigenvalue weighted by Gasteiger charge is -2.24. The third-order valence-corrected chi connectivity index (χ3v) is 8.40. The van der Waals surface area contributed by atoms with Gasteiger partial charge in [-0.15, -0.1) is 0 Å². The largest absolute Gasteiger partial charge is 0.497 e. The zero-order valence-electron chi connectivity index (χ0n) is 21.5. The van der Waals surface area contributed by atoms with Crippen molar-refractivity contribution in [3.8, 4) is 23.0 Å². The minimum Gasteiger partial charge on any atom is -0.497 e. The predicted molar refractivity (Wildman–Crippen MR) is 138 cm³/mol. The van der Waals surface area contributed by atoms with E-state index in [2.05, 4.69) is 9.71 Å². The SMILES string of the molecule is COc1ccc(CN(C2=NCNS2)S(=O)(=O)c2ccc(Oc3cc(C(F)(F)F)cc(C(F)(F)F)c3)c(F)c2)c(OC)c1. The molecular formula is C25H20F7N3O5S2. The Morgan fingerprint density at radius 1 is 0.881 bits per heavy atom. The highest BCUT2D eigenvalue weighted by Crippen LogP contribution is 2.40. The number of benzene rings is 3. The molecule has 3 aromatic rings. The van der Waals surface area contributed by atoms with Crippen LogP contribution in [0.25, 0.3) is 0 Å². The highest BCUT2D eigenvalue weighted by atomic mass is 32.2. The number of rotatable bonds is 8. The van der Waals surface area contributed by atoms with Crippen molar-refractivity contribution in [2.45, 2.75) is 23.8 Å². The molecule has 0 atom stereocenters. The molecule has 0 aromatic heterocycles. The maximum atomic E-state index is 15.1. The number of methoxy groups -OCH3 is 2. The van der Waals surface area contributed by atoms with E-state index in [4.69, 9.17) is 14.2 Å². The smallest absolute Gasteiger partial charge is 0.416 e. The van der Waals surface area contributed by atoms with Crippen LogP contribution in [0.2, 0.25) is 0 Å². The third kappa shape index (κ3) is 6.84. The minimum absolute atomic E-state index is 0.0252. The fraction of sp³-hybridized carbons (Fsp3) is 0.240. The molecule has 42 heavy (non-hydrogen) atoms. The maximum Gasteiger partial charge on any atom is 0.416 e. The van der Waals surface area contributed by atoms with E-state index in [0.717, 1.165) is 28.4 Å². The second-order valence-electron chi connectivity index (χ2n) is 8.47. The van der Waals surface area contributed by atoms with Crippen LogP contribution in [0.4, 0.5) is 30.7 Å². The Hall–Kier alpha value is -3.70. The first kappa shape index (κ1) is 31.2. The van der Waals surface area contributed by atoms with E-state index in [1.165, 1.54) is 20.3 Å². The van der Waals surface area contributed by atoms with Gasteiger partial charge in [-0.25, -0.2) is 26.8 Å². The lowest BCUT2D eigenvalue weighted by Crippen LogP contribution is -2.34. The van der Waals surface area contributed by atoms with Crippen molar-refractivity contribution in [1.29, 1.82) is 0 Å². The summed E-state index contributed by atoms with van der Waals surface area (Å²) >= 11 is 0.907. The number of sulfonamides is 1. The van der Waals surface area contributed by atoms with Crippen LogP contribution in [0.3, 0.4) is 0 Å². The Labute approximate surface area is 239 Å². The molecule has 0 unspecified atom stereocenters. The Morgan fingerprint density at radius 2 is 1.55 bits per heavy atom. The number of halogens is 7. The van der Waals surface area contributed by atoms with Crippen molar-refractivity contribution >= 4 is 27.1 Å². The van der Waals surface area contributed by atoms with Gasteiger partial charge in [0.2, 0.25) is 0 Å². The fourth-order valence-electron chi connectivity index (χ4n) is 3.72. The standard InChI is InChI=1S/C25H20F7N3O5S2/c1-38-17-4-3-14(22(10-17)39-2)12-35(23-33-13-34-41-23)42(36,37)19-5-6-21(20(26)11-19)40-18-8-15(24(27,28)29)7-16(9-18)25(30,31)32/h3-11,34H,12-13H2,1-2H3. The number of hydrogen-bond acceptors (Lipinski definition) is 8. The number of hydrogen-bond donors (Lipinski definition) is 1. The number of ether oxygens (including phenoxy) is 3. The Morgan fingerprint density at radius 3 is 2.07 bits per heavy atom. The first-order chi connectivity index (χ1) is 19.6. The molecule has 0 amide bonds. The summed E-state index contributed by atoms with van der Waals surface area (Å²) in [6.45, 7) is -0.211. The molecule has 1 aliphatic rings. The van der Waals surface area contributed by atoms with Crippen LogP contribution in [-0.2, 0) is 28.9 Å². The van der Waals surface area contributed by atoms with Crippen molar-refractivity contribution in [1.82, 2.24) is 9.03 Å². The van der Waals surface area contributed by atoms with E-state index in [9.17, 15) is 34.8 Å². The molecule has 0 fully saturated rings. The zero-order chi connectivity index (χ0) is 30.9. The first-order valence-corrected chi connectivity index (χ1v) is 13.8. The summed E-state index contributed by atoms with van der Waals surface area (Å²) in [5.41, 5.74) is -2.93. The van der Waals surface area contributed by atoms with Crippen molar-refractivity contribution in [2.24, 2.45) is 4.99 Å². The molecule has 226 valence electrons. The van der Waals surface area contributed by atoms with Crippen LogP contribution < -0.4 is 18.9 Å². The normalized spacial score (nSPS) is 14.0. The van der Waals surface area contributed by atoms with Crippen LogP contribution in [0.5, 0.6) is 23.0 Å². The highest BCUT2D eigenvalue weighted by Gasteiger charge is 2.37. The molecule has 17 heteroatoms. The van der Waals surface area contributed by atoms with Crippen molar-refractivity contribution in [3.05, 3.63) is 77.1 Å². The molecule has 0 saturated carbocycles. The molecule has 0 saturated heterocycles. The molecule has 4 rings (SSSR count). The molecule has 1 aliphatic heterocycles. The molecule has 0 spiro atoms. The van der Waals surface area contributed by atoms with Gasteiger partial charge in [-0.2, -0.15) is 26.3 Å². The van der Waals surface area contributed by atoms with E-state index in [-0.39, 0.29) is 36.6 Å². The van der Waals surface area contributed by atoms with E-state index in [1.54, 1.807) is 12.1 Å². The fourth-order valence-corrected chi connectivity index (χ4v) is 5.99. The Balaban J connectivity index is 1.69. The van der Waals surface area contributed by atoms with Gasteiger partial charge in [0.25, 0.3) is 10.0 Å². The summed E-state index contributed by atoms with van der Waals surface area (Å²) in [5, 5.41) is 0.0252. The van der Waals surface area contributed by atoms with E-state index in [1.807, 2.05) is 0 Å². The number of aliphatic imine (C=N–C) groups is 1. The Kier molecular flexibility index (Phi) is 8.84. The average molecular weight is 640 g/mol. The molecule has 1 heterocycles. The highest BCUT2D eigenvalue weighted by molar-refractivity contribution is 8.13. The van der Waals surface area contributed by atoms with Gasteiger partial charge in [0.05, 0.1) is 36.8 Å². The van der Waals surface area contributed by atoms with E-state index < -0.39 is 55.7 Å². The van der Waals surface area contributed by atoms with Gasteiger partial charge in [0.1, 0.15) is 23.9 Å². The second-order valence-corrected chi connectivity index (χ2v) is 11.2. The molecule has 0 radical (unpaired) electrons. The van der Waals surface area contributed by atoms with Gasteiger partial charge in [-0.05, 0) is 60.5 Å². The van der Waals surface area contributed by atoms with Gasteiger partial charge >= 0.3 is 12.4 Å². The second kappa shape index (κ2) is 11.9. The van der Waals surface area contributed by atoms with Crippen LogP contribution in [0, 0.1) is 5.82 Å². The van der Waals surface area contributed by atoms with Gasteiger partial charge in [0, 0.05) is 11.6 Å². The molecule has 3 aromatic carbocycles. The van der Waals surface area contributed by atoms with Crippen molar-refractivity contribution < 1.29 is 53.4 Å². The third-order valence-electron chi connectivity index (χ3n) is 5.74. The molecule has 1 N–H and O–H groups in total. The van der Waals surface area contributed by atoms with Gasteiger partial charge < -0.3 is 14.2 Å². The molecule has 0 aliphatic carbocycles. The number of amidine groups is 1. The van der Waals surface area contributed by atoms with Crippen LogP contribution in [0.1, 0.15) is 16.7 Å². The van der Waals surface area contributed by atoms with Crippen molar-refractivity contribution in [3.63, 3.8) is 0 Å². The monoisotopic (exact) mass is 639 g/mol. The van der Waals surface area contributed by atoms with Crippen LogP contribution in [-0.4, -0.2) is 38.8 Å². The van der Waals surface area contributed by atoms with Crippen LogP contribution >= 0.6 is 11.9 Å². The predicted octanol–water partition coefficient (Wildman–Crippen LogP) is 6.43. The summed E-state index contributed by atoms with van der Waals surface area (Å²) < 4.78 is 141. The number of nitrogens with zero attached hydrogens (tertiary/aromatic N) is 2. The van der Waals surface area contributed by atoms with Gasteiger partial charge in [-0.1, -0.05) is 0 Å². The first-order valence-electron chi connectivity index (χ1n) is 11.6. The Bertz CT molecular complexity index is 1580. The molecular weight excluding hydrogens is 619 g/mol. The summed E-state index contributed by atoms with van der Waals surface area (Å²) in [6, 6.07) is 7.33. The lowest BCUT2D eigenvalue weighted by atomic mass is 10.1. The van der Waals surface area contributed by atoms with Gasteiger partial charge in [0.15, 0.2) is 16.7 Å². The summed E-state index contributed by atoms with van der Waals surface area (Å²) in [6.07, 6.45) is -10.3. The van der Waals surface area contributed by atoms with Gasteiger partial charge in [-0.3, -0.25) is 0 Å².